The monoisotopic (exact) mass is 265 g/mol. The second-order valence-electron chi connectivity index (χ2n) is 5.09. The van der Waals surface area contributed by atoms with E-state index in [4.69, 9.17) is 5.11 Å². The number of aromatic carboxylic acids is 1. The Morgan fingerprint density at radius 2 is 2.05 bits per heavy atom. The summed E-state index contributed by atoms with van der Waals surface area (Å²) in [5.74, 6) is 0.145. The number of carboxylic acids is 1. The van der Waals surface area contributed by atoms with Gasteiger partial charge in [0.2, 0.25) is 5.95 Å². The molecule has 1 rings (SSSR count). The molecule has 0 saturated heterocycles. The van der Waals surface area contributed by atoms with Gasteiger partial charge in [0.1, 0.15) is 0 Å². The zero-order chi connectivity index (χ0) is 14.1. The number of nitrogens with one attached hydrogen (secondary N) is 1. The van der Waals surface area contributed by atoms with E-state index in [1.807, 2.05) is 0 Å². The smallest absolute Gasteiger partial charge is 0.354 e. The van der Waals surface area contributed by atoms with E-state index in [9.17, 15) is 4.79 Å². The van der Waals surface area contributed by atoms with Crippen LogP contribution in [-0.2, 0) is 0 Å². The molecule has 0 bridgehead atoms. The van der Waals surface area contributed by atoms with Crippen LogP contribution in [0.25, 0.3) is 0 Å². The van der Waals surface area contributed by atoms with Crippen molar-refractivity contribution in [3.63, 3.8) is 0 Å². The summed E-state index contributed by atoms with van der Waals surface area (Å²) < 4.78 is 0. The summed E-state index contributed by atoms with van der Waals surface area (Å²) in [6.07, 6.45) is 7.51. The number of aromatic nitrogens is 2. The van der Waals surface area contributed by atoms with Crippen LogP contribution in [0.2, 0.25) is 0 Å². The van der Waals surface area contributed by atoms with Crippen molar-refractivity contribution in [1.29, 1.82) is 0 Å². The van der Waals surface area contributed by atoms with Crippen LogP contribution in [-0.4, -0.2) is 27.6 Å². The van der Waals surface area contributed by atoms with E-state index in [0.29, 0.717) is 5.95 Å². The molecule has 0 aliphatic rings. The van der Waals surface area contributed by atoms with Gasteiger partial charge in [-0.15, -0.1) is 0 Å². The summed E-state index contributed by atoms with van der Waals surface area (Å²) in [4.78, 5) is 18.6. The number of nitrogens with zero attached hydrogens (tertiary/aromatic N) is 2. The summed E-state index contributed by atoms with van der Waals surface area (Å²) in [7, 11) is 0. The van der Waals surface area contributed by atoms with Crippen LogP contribution in [0, 0.1) is 5.92 Å². The minimum atomic E-state index is -1.03. The van der Waals surface area contributed by atoms with E-state index in [2.05, 4.69) is 29.1 Å². The fourth-order valence-corrected chi connectivity index (χ4v) is 1.79. The quantitative estimate of drug-likeness (QED) is 0.671. The highest BCUT2D eigenvalue weighted by Gasteiger charge is 2.05. The van der Waals surface area contributed by atoms with Gasteiger partial charge in [-0.05, 0) is 18.4 Å². The number of carbonyl (C=O) groups is 1. The molecule has 1 aromatic heterocycles. The highest BCUT2D eigenvalue weighted by atomic mass is 16.4. The van der Waals surface area contributed by atoms with E-state index in [1.54, 1.807) is 0 Å². The van der Waals surface area contributed by atoms with Gasteiger partial charge in [-0.1, -0.05) is 39.5 Å². The topological polar surface area (TPSA) is 75.1 Å². The molecule has 0 radical (unpaired) electrons. The molecule has 1 aromatic rings. The van der Waals surface area contributed by atoms with Gasteiger partial charge in [0.15, 0.2) is 5.69 Å². The maximum absolute atomic E-state index is 10.7. The lowest BCUT2D eigenvalue weighted by Crippen LogP contribution is -2.08. The van der Waals surface area contributed by atoms with Crippen LogP contribution < -0.4 is 5.32 Å². The van der Waals surface area contributed by atoms with Crippen molar-refractivity contribution >= 4 is 11.9 Å². The van der Waals surface area contributed by atoms with E-state index >= 15 is 0 Å². The molecule has 0 aliphatic carbocycles. The highest BCUT2D eigenvalue weighted by Crippen LogP contribution is 2.09. The van der Waals surface area contributed by atoms with Crippen LogP contribution in [0.1, 0.15) is 56.4 Å². The van der Waals surface area contributed by atoms with Crippen LogP contribution in [0.4, 0.5) is 5.95 Å². The molecule has 0 spiro atoms. The summed E-state index contributed by atoms with van der Waals surface area (Å²) in [6.45, 7) is 5.27. The summed E-state index contributed by atoms with van der Waals surface area (Å²) >= 11 is 0. The predicted molar refractivity (Wildman–Crippen MR) is 75.4 cm³/mol. The van der Waals surface area contributed by atoms with Crippen molar-refractivity contribution in [2.24, 2.45) is 5.92 Å². The largest absolute Gasteiger partial charge is 0.477 e. The van der Waals surface area contributed by atoms with E-state index in [1.165, 1.54) is 37.9 Å². The third-order valence-corrected chi connectivity index (χ3v) is 2.87. The molecule has 0 fully saturated rings. The molecule has 1 heterocycles. The third-order valence-electron chi connectivity index (χ3n) is 2.87. The van der Waals surface area contributed by atoms with Gasteiger partial charge in [0, 0.05) is 12.7 Å². The second kappa shape index (κ2) is 8.45. The van der Waals surface area contributed by atoms with Gasteiger partial charge < -0.3 is 10.4 Å². The Hall–Kier alpha value is -1.65. The number of hydrogen-bond donors (Lipinski definition) is 2. The first-order valence-corrected chi connectivity index (χ1v) is 6.90. The maximum Gasteiger partial charge on any atom is 0.354 e. The van der Waals surface area contributed by atoms with E-state index in [0.717, 1.165) is 18.9 Å². The first-order chi connectivity index (χ1) is 9.09. The van der Waals surface area contributed by atoms with Gasteiger partial charge in [-0.3, -0.25) is 0 Å². The molecule has 0 aromatic carbocycles. The van der Waals surface area contributed by atoms with Gasteiger partial charge in [0.05, 0.1) is 0 Å². The van der Waals surface area contributed by atoms with Crippen molar-refractivity contribution in [3.05, 3.63) is 18.0 Å². The Balaban J connectivity index is 2.15. The standard InChI is InChI=1S/C14H23N3O2/c1-11(2)7-5-3-4-6-9-15-14-16-10-8-12(17-14)13(18)19/h8,10-11H,3-7,9H2,1-2H3,(H,18,19)(H,15,16,17). The molecule has 106 valence electrons. The molecular weight excluding hydrogens is 242 g/mol. The fourth-order valence-electron chi connectivity index (χ4n) is 1.79. The lowest BCUT2D eigenvalue weighted by Gasteiger charge is -2.06. The van der Waals surface area contributed by atoms with Crippen molar-refractivity contribution in [3.8, 4) is 0 Å². The maximum atomic E-state index is 10.7. The van der Waals surface area contributed by atoms with Crippen LogP contribution in [0.15, 0.2) is 12.3 Å². The number of anilines is 1. The van der Waals surface area contributed by atoms with Gasteiger partial charge >= 0.3 is 5.97 Å². The van der Waals surface area contributed by atoms with E-state index in [-0.39, 0.29) is 5.69 Å². The molecule has 5 heteroatoms. The van der Waals surface area contributed by atoms with Crippen LogP contribution >= 0.6 is 0 Å². The Morgan fingerprint density at radius 1 is 1.32 bits per heavy atom. The van der Waals surface area contributed by atoms with Crippen LogP contribution in [0.5, 0.6) is 0 Å². The average Bonchev–Trinajstić information content (AvgIpc) is 2.37. The molecular formula is C14H23N3O2. The summed E-state index contributed by atoms with van der Waals surface area (Å²) in [5.41, 5.74) is 0.0226. The van der Waals surface area contributed by atoms with Crippen molar-refractivity contribution in [1.82, 2.24) is 9.97 Å². The molecule has 0 saturated carbocycles. The molecule has 0 aliphatic heterocycles. The van der Waals surface area contributed by atoms with Gasteiger partial charge in [0.25, 0.3) is 0 Å². The Morgan fingerprint density at radius 3 is 2.74 bits per heavy atom. The zero-order valence-corrected chi connectivity index (χ0v) is 11.7. The van der Waals surface area contributed by atoms with Gasteiger partial charge in [-0.2, -0.15) is 0 Å². The van der Waals surface area contributed by atoms with Crippen molar-refractivity contribution < 1.29 is 9.90 Å². The van der Waals surface area contributed by atoms with E-state index < -0.39 is 5.97 Å². The minimum Gasteiger partial charge on any atom is -0.477 e. The first kappa shape index (κ1) is 15.4. The Kier molecular flexibility index (Phi) is 6.85. The fraction of sp³-hybridized carbons (Fsp3) is 0.643. The zero-order valence-electron chi connectivity index (χ0n) is 11.7. The number of hydrogen-bond acceptors (Lipinski definition) is 4. The lowest BCUT2D eigenvalue weighted by atomic mass is 10.0. The first-order valence-electron chi connectivity index (χ1n) is 6.90. The summed E-state index contributed by atoms with van der Waals surface area (Å²) in [5, 5.41) is 11.9. The van der Waals surface area contributed by atoms with Crippen molar-refractivity contribution in [2.75, 3.05) is 11.9 Å². The molecule has 5 nitrogen and oxygen atoms in total. The van der Waals surface area contributed by atoms with Crippen molar-refractivity contribution in [2.45, 2.75) is 46.0 Å². The molecule has 19 heavy (non-hydrogen) atoms. The lowest BCUT2D eigenvalue weighted by molar-refractivity contribution is 0.0690. The van der Waals surface area contributed by atoms with Crippen LogP contribution in [0.3, 0.4) is 0 Å². The third kappa shape index (κ3) is 6.74. The Labute approximate surface area is 114 Å². The second-order valence-corrected chi connectivity index (χ2v) is 5.09. The highest BCUT2D eigenvalue weighted by molar-refractivity contribution is 5.85. The molecule has 2 N–H and O–H groups in total. The SMILES string of the molecule is CC(C)CCCCCCNc1nccc(C(=O)O)n1. The number of carboxylic acid groups (broad SMARTS) is 1. The molecule has 0 amide bonds. The molecule has 0 atom stereocenters. The molecule has 0 unspecified atom stereocenters. The summed E-state index contributed by atoms with van der Waals surface area (Å²) in [6, 6.07) is 1.39. The average molecular weight is 265 g/mol. The number of rotatable bonds is 9. The normalized spacial score (nSPS) is 10.7. The van der Waals surface area contributed by atoms with Gasteiger partial charge in [-0.25, -0.2) is 14.8 Å². The Bertz CT molecular complexity index is 394. The predicted octanol–water partition coefficient (Wildman–Crippen LogP) is 3.19. The minimum absolute atomic E-state index is 0.0226. The number of unbranched alkanes of at least 4 members (excludes halogenated alkanes) is 3.